The average molecular weight is 469 g/mol. The molecule has 1 aliphatic rings. The Bertz CT molecular complexity index is 882. The number of hydrogen-bond donors (Lipinski definition) is 3. The van der Waals surface area contributed by atoms with Crippen molar-refractivity contribution in [3.63, 3.8) is 0 Å². The molecular formula is C18H22BrFN6O3. The Balaban J connectivity index is 1.73. The van der Waals surface area contributed by atoms with Crippen molar-refractivity contribution in [3.05, 3.63) is 34.2 Å². The van der Waals surface area contributed by atoms with Crippen LogP contribution in [-0.4, -0.2) is 58.4 Å². The molecule has 29 heavy (non-hydrogen) atoms. The molecule has 1 saturated heterocycles. The predicted octanol–water partition coefficient (Wildman–Crippen LogP) is 2.45. The zero-order valence-corrected chi connectivity index (χ0v) is 17.4. The second-order valence-electron chi connectivity index (χ2n) is 6.56. The molecule has 1 aromatic heterocycles. The van der Waals surface area contributed by atoms with Gasteiger partial charge in [0.1, 0.15) is 12.5 Å². The van der Waals surface area contributed by atoms with Gasteiger partial charge < -0.3 is 20.6 Å². The van der Waals surface area contributed by atoms with Crippen molar-refractivity contribution in [2.75, 3.05) is 37.0 Å². The number of aliphatic hydroxyl groups is 1. The quantitative estimate of drug-likeness (QED) is 0.440. The maximum atomic E-state index is 13.5. The van der Waals surface area contributed by atoms with Crippen LogP contribution in [0.25, 0.3) is 0 Å². The maximum Gasteiger partial charge on any atom is 0.228 e. The molecule has 156 valence electrons. The third-order valence-corrected chi connectivity index (χ3v) is 5.38. The summed E-state index contributed by atoms with van der Waals surface area (Å²) < 4.78 is 18.5. The molecule has 1 aromatic carbocycles. The molecule has 1 aliphatic heterocycles. The highest BCUT2D eigenvalue weighted by atomic mass is 79.9. The van der Waals surface area contributed by atoms with Gasteiger partial charge in [-0.1, -0.05) is 6.92 Å². The summed E-state index contributed by atoms with van der Waals surface area (Å²) in [4.78, 5) is 18.9. The maximum absolute atomic E-state index is 13.5. The molecule has 0 aliphatic carbocycles. The minimum Gasteiger partial charge on any atom is -0.374 e. The molecule has 2 heterocycles. The Morgan fingerprint density at radius 3 is 2.79 bits per heavy atom. The van der Waals surface area contributed by atoms with Crippen LogP contribution >= 0.6 is 15.9 Å². The van der Waals surface area contributed by atoms with E-state index < -0.39 is 12.5 Å². The van der Waals surface area contributed by atoms with Gasteiger partial charge in [0.2, 0.25) is 11.7 Å². The van der Waals surface area contributed by atoms with Crippen molar-refractivity contribution >= 4 is 39.2 Å². The van der Waals surface area contributed by atoms with E-state index in [4.69, 9.17) is 4.63 Å². The third kappa shape index (κ3) is 5.37. The molecule has 0 unspecified atom stereocenters. The van der Waals surface area contributed by atoms with Crippen LogP contribution in [-0.2, 0) is 4.79 Å². The van der Waals surface area contributed by atoms with Crippen LogP contribution in [0.15, 0.2) is 32.3 Å². The number of piperidine rings is 1. The number of likely N-dealkylation sites (tertiary alicyclic amines) is 1. The highest BCUT2D eigenvalue weighted by molar-refractivity contribution is 9.10. The van der Waals surface area contributed by atoms with Crippen LogP contribution in [0.1, 0.15) is 25.5 Å². The topological polar surface area (TPSA) is 116 Å². The number of anilines is 2. The molecule has 0 bridgehead atoms. The number of rotatable bonds is 6. The number of hydrogen-bond acceptors (Lipinski definition) is 7. The van der Waals surface area contributed by atoms with Crippen molar-refractivity contribution < 1.29 is 18.9 Å². The molecule has 9 nitrogen and oxygen atoms in total. The molecule has 3 N–H and O–H groups in total. The Hall–Kier alpha value is -2.37. The SMILES string of the molecule is CCN1CCC(C(=O)Nc2nonc2C(=NCO)Nc2ccc(F)c(Br)c2)CC1. The van der Waals surface area contributed by atoms with Crippen LogP contribution in [0.2, 0.25) is 0 Å². The van der Waals surface area contributed by atoms with Crippen LogP contribution in [0, 0.1) is 11.7 Å². The number of benzene rings is 1. The fraction of sp³-hybridized carbons (Fsp3) is 0.444. The smallest absolute Gasteiger partial charge is 0.228 e. The molecule has 0 atom stereocenters. The summed E-state index contributed by atoms with van der Waals surface area (Å²) in [6.07, 6.45) is 1.53. The number of amidine groups is 1. The van der Waals surface area contributed by atoms with Gasteiger partial charge in [0.15, 0.2) is 11.5 Å². The lowest BCUT2D eigenvalue weighted by Crippen LogP contribution is -2.38. The van der Waals surface area contributed by atoms with Gasteiger partial charge >= 0.3 is 0 Å². The monoisotopic (exact) mass is 468 g/mol. The zero-order valence-electron chi connectivity index (χ0n) is 15.9. The van der Waals surface area contributed by atoms with Gasteiger partial charge in [0.05, 0.1) is 4.47 Å². The van der Waals surface area contributed by atoms with Gasteiger partial charge in [-0.15, -0.1) is 0 Å². The second-order valence-corrected chi connectivity index (χ2v) is 7.42. The van der Waals surface area contributed by atoms with E-state index in [0.29, 0.717) is 5.69 Å². The molecule has 3 rings (SSSR count). The number of nitrogens with one attached hydrogen (secondary N) is 2. The predicted molar refractivity (Wildman–Crippen MR) is 109 cm³/mol. The van der Waals surface area contributed by atoms with E-state index in [0.717, 1.165) is 32.5 Å². The summed E-state index contributed by atoms with van der Waals surface area (Å²) in [5.74, 6) is -0.467. The van der Waals surface area contributed by atoms with Crippen molar-refractivity contribution in [1.29, 1.82) is 0 Å². The lowest BCUT2D eigenvalue weighted by atomic mass is 9.96. The number of halogens is 2. The van der Waals surface area contributed by atoms with Gasteiger partial charge in [0.25, 0.3) is 0 Å². The van der Waals surface area contributed by atoms with Crippen molar-refractivity contribution in [3.8, 4) is 0 Å². The molecule has 0 spiro atoms. The highest BCUT2D eigenvalue weighted by Gasteiger charge is 2.27. The fourth-order valence-electron chi connectivity index (χ4n) is 3.11. The van der Waals surface area contributed by atoms with Crippen LogP contribution in [0.4, 0.5) is 15.9 Å². The van der Waals surface area contributed by atoms with Crippen molar-refractivity contribution in [2.45, 2.75) is 19.8 Å². The second kappa shape index (κ2) is 9.90. The summed E-state index contributed by atoms with van der Waals surface area (Å²) >= 11 is 3.11. The van der Waals surface area contributed by atoms with Crippen LogP contribution in [0.5, 0.6) is 0 Å². The van der Waals surface area contributed by atoms with Crippen molar-refractivity contribution in [2.24, 2.45) is 10.9 Å². The van der Waals surface area contributed by atoms with Crippen LogP contribution in [0.3, 0.4) is 0 Å². The number of nitrogens with zero attached hydrogens (tertiary/aromatic N) is 4. The molecule has 0 radical (unpaired) electrons. The summed E-state index contributed by atoms with van der Waals surface area (Å²) in [5, 5.41) is 22.5. The van der Waals surface area contributed by atoms with Crippen molar-refractivity contribution in [1.82, 2.24) is 15.2 Å². The van der Waals surface area contributed by atoms with E-state index in [1.165, 1.54) is 18.2 Å². The first kappa shape index (κ1) is 21.3. The number of aliphatic hydroxyl groups excluding tert-OH is 1. The van der Waals surface area contributed by atoms with E-state index in [9.17, 15) is 14.3 Å². The van der Waals surface area contributed by atoms with Gasteiger partial charge in [0, 0.05) is 11.6 Å². The van der Waals surface area contributed by atoms with Gasteiger partial charge in [-0.05, 0) is 76.9 Å². The Labute approximate surface area is 175 Å². The summed E-state index contributed by atoms with van der Waals surface area (Å²) in [5.41, 5.74) is 0.636. The number of aromatic nitrogens is 2. The molecular weight excluding hydrogens is 447 g/mol. The highest BCUT2D eigenvalue weighted by Crippen LogP contribution is 2.23. The van der Waals surface area contributed by atoms with E-state index in [1.54, 1.807) is 0 Å². The van der Waals surface area contributed by atoms with E-state index in [1.807, 2.05) is 0 Å². The standard InChI is InChI=1S/C18H22BrFN6O3/c1-2-26-7-5-11(6-8-26)18(28)23-17-15(24-29-25-17)16(21-10-27)22-12-3-4-14(20)13(19)9-12/h3-4,9,11,27H,2,5-8,10H2,1H3,(H,21,22)(H,23,25,28). The first-order valence-electron chi connectivity index (χ1n) is 9.25. The molecule has 1 amide bonds. The fourth-order valence-corrected chi connectivity index (χ4v) is 3.49. The largest absolute Gasteiger partial charge is 0.374 e. The number of carbonyl (C=O) groups excluding carboxylic acids is 1. The third-order valence-electron chi connectivity index (χ3n) is 4.77. The minimum absolute atomic E-state index is 0.105. The molecule has 11 heteroatoms. The lowest BCUT2D eigenvalue weighted by Gasteiger charge is -2.29. The summed E-state index contributed by atoms with van der Waals surface area (Å²) in [7, 11) is 0. The van der Waals surface area contributed by atoms with E-state index >= 15 is 0 Å². The lowest BCUT2D eigenvalue weighted by molar-refractivity contribution is -0.121. The van der Waals surface area contributed by atoms with Gasteiger partial charge in [-0.2, -0.15) is 0 Å². The number of amides is 1. The number of aliphatic imine (C=N–C) groups is 1. The first-order valence-corrected chi connectivity index (χ1v) is 10.0. The van der Waals surface area contributed by atoms with E-state index in [2.05, 4.69) is 53.7 Å². The molecule has 0 saturated carbocycles. The Kier molecular flexibility index (Phi) is 7.29. The number of carbonyl (C=O) groups is 1. The van der Waals surface area contributed by atoms with Gasteiger partial charge in [-0.3, -0.25) is 4.79 Å². The molecule has 1 fully saturated rings. The van der Waals surface area contributed by atoms with E-state index in [-0.39, 0.29) is 33.6 Å². The normalized spacial score (nSPS) is 16.1. The van der Waals surface area contributed by atoms with Crippen LogP contribution < -0.4 is 10.6 Å². The summed E-state index contributed by atoms with van der Waals surface area (Å²) in [6.45, 7) is 4.29. The first-order chi connectivity index (χ1) is 14.0. The summed E-state index contributed by atoms with van der Waals surface area (Å²) in [6, 6.07) is 4.28. The molecule has 2 aromatic rings. The Morgan fingerprint density at radius 1 is 1.38 bits per heavy atom. The Morgan fingerprint density at radius 2 is 2.14 bits per heavy atom. The zero-order chi connectivity index (χ0) is 20.8. The van der Waals surface area contributed by atoms with Gasteiger partial charge in [-0.25, -0.2) is 14.0 Å². The minimum atomic E-state index is -0.527. The average Bonchev–Trinajstić information content (AvgIpc) is 3.18.